The van der Waals surface area contributed by atoms with Crippen molar-refractivity contribution in [3.63, 3.8) is 0 Å². The summed E-state index contributed by atoms with van der Waals surface area (Å²) in [6, 6.07) is 0. The van der Waals surface area contributed by atoms with E-state index in [9.17, 15) is 0 Å². The summed E-state index contributed by atoms with van der Waals surface area (Å²) in [6.07, 6.45) is 0.875. The fourth-order valence-electron chi connectivity index (χ4n) is 0. The Labute approximate surface area is 57.6 Å². The molecule has 1 nitrogen and oxygen atoms in total. The fourth-order valence-corrected chi connectivity index (χ4v) is 0. The zero-order valence-corrected chi connectivity index (χ0v) is 6.28. The third-order valence-electron chi connectivity index (χ3n) is 0.224. The maximum atomic E-state index is 7.88. The zero-order valence-electron chi connectivity index (χ0n) is 3.44. The van der Waals surface area contributed by atoms with Gasteiger partial charge in [-0.1, -0.05) is 6.92 Å². The van der Waals surface area contributed by atoms with Crippen molar-refractivity contribution in [2.24, 2.45) is 0 Å². The first-order valence-corrected chi connectivity index (χ1v) is 1.52. The van der Waals surface area contributed by atoms with Crippen LogP contribution in [0.4, 0.5) is 0 Å². The summed E-state index contributed by atoms with van der Waals surface area (Å²) in [6.45, 7) is 2.25. The quantitative estimate of drug-likeness (QED) is 0.571. The van der Waals surface area contributed by atoms with Crippen LogP contribution < -0.4 is 0 Å². The topological polar surface area (TPSA) is 20.2 Å². The molecule has 5 heavy (non-hydrogen) atoms. The van der Waals surface area contributed by atoms with Gasteiger partial charge < -0.3 is 5.11 Å². The van der Waals surface area contributed by atoms with Gasteiger partial charge in [-0.15, -0.1) is 0 Å². The number of aliphatic hydroxyl groups excluding tert-OH is 1. The van der Waals surface area contributed by atoms with Crippen LogP contribution in [0.2, 0.25) is 0 Å². The van der Waals surface area contributed by atoms with Gasteiger partial charge in [-0.2, -0.15) is 0 Å². The number of aliphatic hydroxyl groups is 1. The summed E-state index contributed by atoms with van der Waals surface area (Å²) >= 11 is 0. The predicted molar refractivity (Wildman–Crippen MR) is 17.4 cm³/mol. The molecule has 0 saturated carbocycles. The van der Waals surface area contributed by atoms with E-state index >= 15 is 0 Å². The van der Waals surface area contributed by atoms with Gasteiger partial charge in [0.15, 0.2) is 0 Å². The van der Waals surface area contributed by atoms with Crippen molar-refractivity contribution in [2.45, 2.75) is 13.3 Å². The summed E-state index contributed by atoms with van der Waals surface area (Å²) in [5.74, 6) is 0. The molecule has 0 bridgehead atoms. The first-order valence-electron chi connectivity index (χ1n) is 1.52. The van der Waals surface area contributed by atoms with E-state index in [1.165, 1.54) is 0 Å². The average molecular weight is 149 g/mol. The first-order chi connectivity index (χ1) is 1.91. The Morgan fingerprint density at radius 3 is 1.80 bits per heavy atom. The Morgan fingerprint density at radius 1 is 1.60 bits per heavy atom. The van der Waals surface area contributed by atoms with Gasteiger partial charge in [-0.3, -0.25) is 0 Å². The van der Waals surface area contributed by atoms with Gasteiger partial charge in [-0.05, 0) is 6.42 Å². The van der Waals surface area contributed by atoms with Crippen LogP contribution in [0.1, 0.15) is 13.3 Å². The van der Waals surface area contributed by atoms with Crippen molar-refractivity contribution in [1.82, 2.24) is 0 Å². The van der Waals surface area contributed by atoms with Crippen LogP contribution in [0.5, 0.6) is 0 Å². The van der Waals surface area contributed by atoms with Gasteiger partial charge in [0.05, 0.1) is 0 Å². The smallest absolute Gasteiger partial charge is 0.0428 e. The van der Waals surface area contributed by atoms with Crippen molar-refractivity contribution >= 4 is 0 Å². The van der Waals surface area contributed by atoms with Gasteiger partial charge in [0.1, 0.15) is 0 Å². The zero-order chi connectivity index (χ0) is 3.41. The molecule has 1 N–H and O–H groups in total. The third kappa shape index (κ3) is 11.2. The molecule has 0 atom stereocenters. The Bertz CT molecular complexity index is 8.85. The van der Waals surface area contributed by atoms with Crippen LogP contribution in [0, 0.1) is 0 Å². The van der Waals surface area contributed by atoms with Crippen molar-refractivity contribution in [3.8, 4) is 0 Å². The number of rotatable bonds is 1. The minimum Gasteiger partial charge on any atom is -0.396 e. The molecule has 0 aliphatic rings. The van der Waals surface area contributed by atoms with Crippen molar-refractivity contribution in [1.29, 1.82) is 0 Å². The Balaban J connectivity index is 0. The van der Waals surface area contributed by atoms with Gasteiger partial charge >= 0.3 is 0 Å². The van der Waals surface area contributed by atoms with Crippen LogP contribution in [-0.2, 0) is 32.7 Å². The van der Waals surface area contributed by atoms with E-state index in [-0.39, 0.29) is 32.7 Å². The standard InChI is InChI=1S/C3H8O.Y/c1-2-3-4;/h4H,2-3H2,1H3;. The van der Waals surface area contributed by atoms with Crippen LogP contribution >= 0.6 is 0 Å². The number of hydrogen-bond acceptors (Lipinski definition) is 1. The molecule has 2 heteroatoms. The van der Waals surface area contributed by atoms with Gasteiger partial charge in [0.2, 0.25) is 0 Å². The average Bonchev–Trinajstić information content (AvgIpc) is 1.37. The van der Waals surface area contributed by atoms with Gasteiger partial charge in [-0.25, -0.2) is 0 Å². The minimum atomic E-state index is 0. The molecule has 0 saturated heterocycles. The van der Waals surface area contributed by atoms with Crippen LogP contribution in [-0.4, -0.2) is 11.7 Å². The van der Waals surface area contributed by atoms with E-state index in [2.05, 4.69) is 0 Å². The second-order valence-corrected chi connectivity index (χ2v) is 0.724. The molecule has 0 spiro atoms. The third-order valence-corrected chi connectivity index (χ3v) is 0.224. The largest absolute Gasteiger partial charge is 0.396 e. The molecule has 0 aliphatic carbocycles. The van der Waals surface area contributed by atoms with Gasteiger partial charge in [0.25, 0.3) is 0 Å². The van der Waals surface area contributed by atoms with Crippen LogP contribution in [0.25, 0.3) is 0 Å². The van der Waals surface area contributed by atoms with E-state index in [0.717, 1.165) is 6.42 Å². The van der Waals surface area contributed by atoms with Gasteiger partial charge in [0, 0.05) is 39.3 Å². The summed E-state index contributed by atoms with van der Waals surface area (Å²) in [4.78, 5) is 0. The molecule has 29 valence electrons. The maximum absolute atomic E-state index is 7.88. The molecule has 0 heterocycles. The molecular formula is C3H8OY. The van der Waals surface area contributed by atoms with Crippen LogP contribution in [0.3, 0.4) is 0 Å². The van der Waals surface area contributed by atoms with Crippen molar-refractivity contribution in [3.05, 3.63) is 0 Å². The maximum Gasteiger partial charge on any atom is 0.0428 e. The van der Waals surface area contributed by atoms with E-state index in [1.807, 2.05) is 6.92 Å². The molecule has 0 fully saturated rings. The first kappa shape index (κ1) is 9.42. The van der Waals surface area contributed by atoms with Crippen molar-refractivity contribution in [2.75, 3.05) is 6.61 Å². The molecule has 0 aromatic carbocycles. The molecule has 0 unspecified atom stereocenters. The Kier molecular flexibility index (Phi) is 16.8. The molecule has 0 aromatic rings. The summed E-state index contributed by atoms with van der Waals surface area (Å²) < 4.78 is 0. The molecule has 1 radical (unpaired) electrons. The summed E-state index contributed by atoms with van der Waals surface area (Å²) in [5.41, 5.74) is 0. The van der Waals surface area contributed by atoms with Crippen molar-refractivity contribution < 1.29 is 37.8 Å². The van der Waals surface area contributed by atoms with E-state index in [1.54, 1.807) is 0 Å². The predicted octanol–water partition coefficient (Wildman–Crippen LogP) is 0.386. The normalized spacial score (nSPS) is 6.00. The monoisotopic (exact) mass is 149 g/mol. The molecular weight excluding hydrogens is 141 g/mol. The van der Waals surface area contributed by atoms with Crippen LogP contribution in [0.15, 0.2) is 0 Å². The Morgan fingerprint density at radius 2 is 1.80 bits per heavy atom. The second-order valence-electron chi connectivity index (χ2n) is 0.724. The SMILES string of the molecule is CCCO.[Y]. The van der Waals surface area contributed by atoms with E-state index in [4.69, 9.17) is 5.11 Å². The molecule has 0 aliphatic heterocycles. The molecule has 0 amide bonds. The Hall–Kier alpha value is 1.06. The summed E-state index contributed by atoms with van der Waals surface area (Å²) in [7, 11) is 0. The van der Waals surface area contributed by atoms with E-state index in [0.29, 0.717) is 6.61 Å². The molecule has 0 rings (SSSR count). The molecule has 0 aromatic heterocycles. The number of hydrogen-bond donors (Lipinski definition) is 1. The fraction of sp³-hybridized carbons (Fsp3) is 1.00. The minimum absolute atomic E-state index is 0. The van der Waals surface area contributed by atoms with E-state index < -0.39 is 0 Å². The second kappa shape index (κ2) is 8.91. The summed E-state index contributed by atoms with van der Waals surface area (Å²) in [5, 5.41) is 7.88.